The minimum absolute atomic E-state index is 0.00774. The van der Waals surface area contributed by atoms with Crippen molar-refractivity contribution >= 4 is 29.2 Å². The highest BCUT2D eigenvalue weighted by molar-refractivity contribution is 6.18. The summed E-state index contributed by atoms with van der Waals surface area (Å²) < 4.78 is 24.8. The third-order valence-electron chi connectivity index (χ3n) is 6.84. The Kier molecular flexibility index (Phi) is 5.95. The van der Waals surface area contributed by atoms with Gasteiger partial charge in [0.2, 0.25) is 5.91 Å². The number of nitrogens with zero attached hydrogens (tertiary/aromatic N) is 2. The van der Waals surface area contributed by atoms with E-state index in [1.165, 1.54) is 36.3 Å². The number of halogens is 1. The quantitative estimate of drug-likeness (QED) is 0.727. The van der Waals surface area contributed by atoms with E-state index in [1.54, 1.807) is 24.3 Å². The standard InChI is InChI=1S/C25H26FN3O5/c1-33-18-6-4-5-16(13-18)27-21(30)14-28-22-19-7-2-3-8-20(19)34-23(22)24(31)29(25(28)32)17-11-9-15(26)10-12-17/h4-6,9-13,19-20,22-23H,2-3,7-8,14H2,1H3,(H,27,30). The zero-order valence-corrected chi connectivity index (χ0v) is 18.8. The maximum atomic E-state index is 13.6. The Labute approximate surface area is 196 Å². The minimum Gasteiger partial charge on any atom is -0.497 e. The van der Waals surface area contributed by atoms with Crippen molar-refractivity contribution in [3.8, 4) is 5.75 Å². The van der Waals surface area contributed by atoms with Crippen LogP contribution < -0.4 is 15.0 Å². The first-order valence-corrected chi connectivity index (χ1v) is 11.5. The molecule has 34 heavy (non-hydrogen) atoms. The lowest BCUT2D eigenvalue weighted by Crippen LogP contribution is -2.65. The highest BCUT2D eigenvalue weighted by Crippen LogP contribution is 2.43. The normalized spacial score (nSPS) is 26.2. The third-order valence-corrected chi connectivity index (χ3v) is 6.84. The molecule has 2 saturated heterocycles. The molecular weight excluding hydrogens is 441 g/mol. The second kappa shape index (κ2) is 9.06. The van der Waals surface area contributed by atoms with Crippen LogP contribution in [0.25, 0.3) is 0 Å². The van der Waals surface area contributed by atoms with Crippen molar-refractivity contribution in [2.75, 3.05) is 23.9 Å². The molecule has 2 aliphatic heterocycles. The van der Waals surface area contributed by atoms with Gasteiger partial charge in [-0.1, -0.05) is 18.9 Å². The van der Waals surface area contributed by atoms with Crippen LogP contribution in [0.1, 0.15) is 25.7 Å². The van der Waals surface area contributed by atoms with Crippen LogP contribution >= 0.6 is 0 Å². The molecule has 178 valence electrons. The monoisotopic (exact) mass is 467 g/mol. The Morgan fingerprint density at radius 3 is 2.68 bits per heavy atom. The Hall–Kier alpha value is -3.46. The first kappa shape index (κ1) is 22.3. The van der Waals surface area contributed by atoms with Crippen molar-refractivity contribution in [2.45, 2.75) is 43.9 Å². The number of carbonyl (C=O) groups excluding carboxylic acids is 3. The van der Waals surface area contributed by atoms with Crippen LogP contribution in [0.2, 0.25) is 0 Å². The number of hydrogen-bond acceptors (Lipinski definition) is 5. The van der Waals surface area contributed by atoms with E-state index in [1.807, 2.05) is 0 Å². The largest absolute Gasteiger partial charge is 0.497 e. The average Bonchev–Trinajstić information content (AvgIpc) is 3.23. The van der Waals surface area contributed by atoms with Gasteiger partial charge in [0.1, 0.15) is 18.1 Å². The number of nitrogens with one attached hydrogen (secondary N) is 1. The number of methoxy groups -OCH3 is 1. The van der Waals surface area contributed by atoms with Gasteiger partial charge in [-0.05, 0) is 49.2 Å². The zero-order chi connectivity index (χ0) is 23.8. The molecule has 0 spiro atoms. The van der Waals surface area contributed by atoms with Crippen LogP contribution in [0.4, 0.5) is 20.6 Å². The second-order valence-electron chi connectivity index (χ2n) is 8.87. The number of amides is 4. The van der Waals surface area contributed by atoms with E-state index in [9.17, 15) is 18.8 Å². The molecule has 1 N–H and O–H groups in total. The Morgan fingerprint density at radius 1 is 1.15 bits per heavy atom. The Balaban J connectivity index is 1.44. The molecule has 4 atom stereocenters. The number of imide groups is 1. The van der Waals surface area contributed by atoms with Crippen molar-refractivity contribution in [2.24, 2.45) is 5.92 Å². The van der Waals surface area contributed by atoms with Gasteiger partial charge in [0.05, 0.1) is 24.9 Å². The SMILES string of the molecule is COc1cccc(NC(=O)CN2C(=O)N(c3ccc(F)cc3)C(=O)C3OC4CCCCC4C32)c1. The zero-order valence-electron chi connectivity index (χ0n) is 18.8. The molecule has 0 radical (unpaired) electrons. The summed E-state index contributed by atoms with van der Waals surface area (Å²) in [4.78, 5) is 42.4. The first-order chi connectivity index (χ1) is 16.5. The van der Waals surface area contributed by atoms with Crippen LogP contribution in [-0.4, -0.2) is 54.6 Å². The third kappa shape index (κ3) is 4.00. The van der Waals surface area contributed by atoms with Gasteiger partial charge in [0.25, 0.3) is 5.91 Å². The highest BCUT2D eigenvalue weighted by Gasteiger charge is 2.58. The minimum atomic E-state index is -0.861. The topological polar surface area (TPSA) is 88.2 Å². The van der Waals surface area contributed by atoms with Crippen LogP contribution in [-0.2, 0) is 14.3 Å². The summed E-state index contributed by atoms with van der Waals surface area (Å²) in [6.45, 7) is -0.241. The molecule has 5 rings (SSSR count). The first-order valence-electron chi connectivity index (χ1n) is 11.5. The van der Waals surface area contributed by atoms with Gasteiger partial charge < -0.3 is 19.7 Å². The second-order valence-corrected chi connectivity index (χ2v) is 8.87. The summed E-state index contributed by atoms with van der Waals surface area (Å²) in [5, 5.41) is 2.80. The molecule has 2 aromatic carbocycles. The van der Waals surface area contributed by atoms with Crippen LogP contribution in [0.5, 0.6) is 5.75 Å². The maximum Gasteiger partial charge on any atom is 0.332 e. The van der Waals surface area contributed by atoms with E-state index in [0.29, 0.717) is 11.4 Å². The van der Waals surface area contributed by atoms with E-state index in [0.717, 1.165) is 30.6 Å². The van der Waals surface area contributed by atoms with E-state index in [-0.39, 0.29) is 24.3 Å². The van der Waals surface area contributed by atoms with E-state index in [4.69, 9.17) is 9.47 Å². The number of anilines is 2. The number of ether oxygens (including phenoxy) is 2. The molecule has 0 aromatic heterocycles. The molecule has 0 bridgehead atoms. The molecule has 2 heterocycles. The van der Waals surface area contributed by atoms with Crippen molar-refractivity contribution in [1.82, 2.24) is 4.90 Å². The predicted molar refractivity (Wildman–Crippen MR) is 122 cm³/mol. The molecular formula is C25H26FN3O5. The molecule has 1 saturated carbocycles. The molecule has 3 aliphatic rings. The van der Waals surface area contributed by atoms with Gasteiger partial charge in [-0.2, -0.15) is 0 Å². The number of fused-ring (bicyclic) bond motifs is 3. The molecule has 2 aromatic rings. The molecule has 9 heteroatoms. The van der Waals surface area contributed by atoms with Crippen molar-refractivity contribution in [3.63, 3.8) is 0 Å². The van der Waals surface area contributed by atoms with E-state index < -0.39 is 35.8 Å². The number of hydrogen-bond donors (Lipinski definition) is 1. The van der Waals surface area contributed by atoms with Crippen molar-refractivity contribution in [1.29, 1.82) is 0 Å². The lowest BCUT2D eigenvalue weighted by Gasteiger charge is -2.42. The van der Waals surface area contributed by atoms with Crippen LogP contribution in [0.15, 0.2) is 48.5 Å². The smallest absolute Gasteiger partial charge is 0.332 e. The summed E-state index contributed by atoms with van der Waals surface area (Å²) >= 11 is 0. The number of rotatable bonds is 5. The molecule has 3 fully saturated rings. The van der Waals surface area contributed by atoms with Crippen LogP contribution in [0.3, 0.4) is 0 Å². The fourth-order valence-electron chi connectivity index (χ4n) is 5.31. The van der Waals surface area contributed by atoms with Crippen molar-refractivity contribution < 1.29 is 28.2 Å². The van der Waals surface area contributed by atoms with Crippen LogP contribution in [0, 0.1) is 11.7 Å². The van der Waals surface area contributed by atoms with Gasteiger partial charge >= 0.3 is 6.03 Å². The Bertz CT molecular complexity index is 1110. The number of carbonyl (C=O) groups is 3. The summed E-state index contributed by atoms with van der Waals surface area (Å²) in [6, 6.07) is 10.9. The van der Waals surface area contributed by atoms with E-state index in [2.05, 4.69) is 5.32 Å². The predicted octanol–water partition coefficient (Wildman–Crippen LogP) is 3.57. The highest BCUT2D eigenvalue weighted by atomic mass is 19.1. The lowest BCUT2D eigenvalue weighted by molar-refractivity contribution is -0.133. The van der Waals surface area contributed by atoms with Crippen molar-refractivity contribution in [3.05, 3.63) is 54.3 Å². The summed E-state index contributed by atoms with van der Waals surface area (Å²) in [5.41, 5.74) is 0.779. The average molecular weight is 467 g/mol. The molecule has 4 amide bonds. The maximum absolute atomic E-state index is 13.6. The number of benzene rings is 2. The number of urea groups is 1. The fraction of sp³-hybridized carbons (Fsp3) is 0.400. The molecule has 1 aliphatic carbocycles. The summed E-state index contributed by atoms with van der Waals surface area (Å²) in [5.74, 6) is -0.759. The molecule has 8 nitrogen and oxygen atoms in total. The van der Waals surface area contributed by atoms with E-state index >= 15 is 0 Å². The van der Waals surface area contributed by atoms with Gasteiger partial charge in [-0.3, -0.25) is 9.59 Å². The fourth-order valence-corrected chi connectivity index (χ4v) is 5.31. The van der Waals surface area contributed by atoms with Gasteiger partial charge in [0.15, 0.2) is 6.10 Å². The van der Waals surface area contributed by atoms with Gasteiger partial charge in [-0.15, -0.1) is 0 Å². The summed E-state index contributed by atoms with van der Waals surface area (Å²) in [7, 11) is 1.54. The lowest BCUT2D eigenvalue weighted by atomic mass is 9.81. The van der Waals surface area contributed by atoms with Gasteiger partial charge in [-0.25, -0.2) is 14.1 Å². The van der Waals surface area contributed by atoms with Gasteiger partial charge in [0, 0.05) is 17.7 Å². The summed E-state index contributed by atoms with van der Waals surface area (Å²) in [6.07, 6.45) is 2.65. The Morgan fingerprint density at radius 2 is 1.91 bits per heavy atom. The molecule has 4 unspecified atom stereocenters.